The maximum atomic E-state index is 14.6. The molecule has 76 heavy (non-hydrogen) atoms. The highest BCUT2D eigenvalue weighted by Crippen LogP contribution is 2.23. The van der Waals surface area contributed by atoms with Crippen molar-refractivity contribution in [1.82, 2.24) is 47.1 Å². The lowest BCUT2D eigenvalue weighted by Gasteiger charge is -2.31. The Balaban J connectivity index is 1.54. The maximum absolute atomic E-state index is 14.6. The molecule has 0 bridgehead atoms. The molecule has 0 unspecified atom stereocenters. The fraction of sp³-hybridized carbons (Fsp3) is 0.490. The zero-order valence-electron chi connectivity index (χ0n) is 42.1. The Labute approximate surface area is 437 Å². The van der Waals surface area contributed by atoms with Crippen LogP contribution < -0.4 is 65.9 Å². The van der Waals surface area contributed by atoms with Gasteiger partial charge >= 0.3 is 0 Å². The first-order valence-electron chi connectivity index (χ1n) is 24.9. The van der Waals surface area contributed by atoms with E-state index in [1.54, 1.807) is 18.3 Å². The van der Waals surface area contributed by atoms with Crippen molar-refractivity contribution in [3.05, 3.63) is 71.7 Å². The van der Waals surface area contributed by atoms with Gasteiger partial charge in [-0.25, -0.2) is 4.39 Å². The lowest BCUT2D eigenvalue weighted by molar-refractivity contribution is -0.143. The first-order valence-corrected chi connectivity index (χ1v) is 24.9. The highest BCUT2D eigenvalue weighted by atomic mass is 19.1. The number of primary amides is 1. The molecule has 1 aromatic heterocycles. The van der Waals surface area contributed by atoms with E-state index in [0.29, 0.717) is 11.1 Å². The van der Waals surface area contributed by atoms with Gasteiger partial charge in [0.05, 0.1) is 6.10 Å². The smallest absolute Gasteiger partial charge is 0.245 e. The third-order valence-corrected chi connectivity index (χ3v) is 12.7. The molecule has 2 aliphatic rings. The van der Waals surface area contributed by atoms with Gasteiger partial charge < -0.3 is 80.9 Å². The number of fused-ring (bicyclic) bond motifs is 2. The Morgan fingerprint density at radius 2 is 1.43 bits per heavy atom. The van der Waals surface area contributed by atoms with Crippen LogP contribution in [0.1, 0.15) is 75.8 Å². The molecule has 412 valence electrons. The number of hydrogen-bond donors (Lipinski definition) is 14. The van der Waals surface area contributed by atoms with Crippen LogP contribution in [0.25, 0.3) is 10.9 Å². The number of aliphatic imine (C=N–C) groups is 2. The average molecular weight is 1060 g/mol. The van der Waals surface area contributed by atoms with E-state index in [-0.39, 0.29) is 102 Å². The number of nitrogens with one attached hydrogen (secondary N) is 8. The first kappa shape index (κ1) is 58.5. The number of rotatable bonds is 16. The number of H-pyrrole nitrogens is 1. The van der Waals surface area contributed by atoms with E-state index in [2.05, 4.69) is 52.2 Å². The van der Waals surface area contributed by atoms with Gasteiger partial charge in [0.25, 0.3) is 0 Å². The van der Waals surface area contributed by atoms with Crippen molar-refractivity contribution in [3.63, 3.8) is 0 Å². The number of para-hydroxylation sites is 1. The molecule has 5 rings (SSSR count). The molecular weight excluding hydrogens is 992 g/mol. The molecule has 2 fully saturated rings. The summed E-state index contributed by atoms with van der Waals surface area (Å²) < 4.78 is 14.1. The third kappa shape index (κ3) is 17.9. The van der Waals surface area contributed by atoms with Crippen LogP contribution in [0, 0.1) is 5.82 Å². The van der Waals surface area contributed by atoms with Crippen LogP contribution in [0.2, 0.25) is 0 Å². The summed E-state index contributed by atoms with van der Waals surface area (Å²) in [5, 5.41) is 30.2. The SMILES string of the molecule is CC(=O)N[C@@H](CCCN=C(N)N)C(=O)N[C@H]1CCC(=O)NCCC[C@@H](C(N)=O)NC(=O)[C@H](Cc2c[nH]c3ccccc23)NC(=O)[C@H](CCCN=C(N)N)NC(=O)[C@@H](Cc2ccc(F)cc2)NC(=O)[C@@H]2C[C@@H](O)CN2C1=O. The summed E-state index contributed by atoms with van der Waals surface area (Å²) in [4.78, 5) is 137. The summed E-state index contributed by atoms with van der Waals surface area (Å²) in [6.07, 6.45) is -0.805. The number of halogens is 1. The van der Waals surface area contributed by atoms with E-state index >= 15 is 0 Å². The second-order valence-electron chi connectivity index (χ2n) is 18.7. The molecule has 2 aliphatic heterocycles. The molecule has 27 heteroatoms. The number of aliphatic hydroxyl groups excluding tert-OH is 1. The average Bonchev–Trinajstić information content (AvgIpc) is 3.97. The van der Waals surface area contributed by atoms with Crippen LogP contribution in [0.3, 0.4) is 0 Å². The molecule has 2 aromatic carbocycles. The molecule has 0 spiro atoms. The van der Waals surface area contributed by atoms with Gasteiger partial charge in [0.1, 0.15) is 48.1 Å². The molecule has 26 nitrogen and oxygen atoms in total. The van der Waals surface area contributed by atoms with Crippen molar-refractivity contribution in [2.24, 2.45) is 38.7 Å². The van der Waals surface area contributed by atoms with Crippen molar-refractivity contribution in [3.8, 4) is 0 Å². The normalized spacial score (nSPS) is 22.8. The van der Waals surface area contributed by atoms with Gasteiger partial charge in [-0.2, -0.15) is 0 Å². The van der Waals surface area contributed by atoms with Gasteiger partial charge in [-0.15, -0.1) is 0 Å². The van der Waals surface area contributed by atoms with E-state index in [4.69, 9.17) is 28.7 Å². The zero-order chi connectivity index (χ0) is 55.5. The zero-order valence-corrected chi connectivity index (χ0v) is 42.1. The first-order chi connectivity index (χ1) is 36.2. The molecule has 8 atom stereocenters. The summed E-state index contributed by atoms with van der Waals surface area (Å²) in [7, 11) is 0. The van der Waals surface area contributed by atoms with Gasteiger partial charge in [0.2, 0.25) is 53.2 Å². The Bertz CT molecular complexity index is 2620. The van der Waals surface area contributed by atoms with Gasteiger partial charge in [0, 0.05) is 75.9 Å². The quantitative estimate of drug-likeness (QED) is 0.0373. The Morgan fingerprint density at radius 1 is 0.803 bits per heavy atom. The number of aliphatic hydroxyl groups is 1. The predicted molar refractivity (Wildman–Crippen MR) is 276 cm³/mol. The number of aromatic nitrogens is 1. The fourth-order valence-electron chi connectivity index (χ4n) is 8.89. The monoisotopic (exact) mass is 1060 g/mol. The van der Waals surface area contributed by atoms with Gasteiger partial charge in [0.15, 0.2) is 11.9 Å². The molecule has 0 saturated carbocycles. The minimum Gasteiger partial charge on any atom is -0.391 e. The highest BCUT2D eigenvalue weighted by molar-refractivity contribution is 5.98. The topological polar surface area (TPSA) is 432 Å². The van der Waals surface area contributed by atoms with Crippen LogP contribution >= 0.6 is 0 Å². The van der Waals surface area contributed by atoms with Crippen molar-refractivity contribution < 1.29 is 52.6 Å². The predicted octanol–water partition coefficient (Wildman–Crippen LogP) is -3.73. The number of amides is 9. The minimum atomic E-state index is -1.54. The Morgan fingerprint density at radius 3 is 2.12 bits per heavy atom. The number of hydrogen-bond acceptors (Lipinski definition) is 12. The van der Waals surface area contributed by atoms with E-state index in [1.165, 1.54) is 19.1 Å². The van der Waals surface area contributed by atoms with Crippen molar-refractivity contribution >= 4 is 76.0 Å². The minimum absolute atomic E-state index is 0.0143. The number of carbonyl (C=O) groups excluding carboxylic acids is 9. The molecule has 3 aromatic rings. The number of guanidine groups is 2. The summed E-state index contributed by atoms with van der Waals surface area (Å²) in [5.74, 6) is -8.37. The standard InChI is InChI=1S/C49H69FN16O10/c1-26(67)60-34(10-5-19-57-48(52)53)42(71)63-36-16-17-40(69)56-18-4-9-33(41(51)70)61-45(74)38(22-28-24-59-32-8-3-2-7-31(28)32)64-43(72)35(11-6-20-58-49(54)55)62-44(73)37(21-27-12-14-29(50)15-13-27)65-46(75)39-23-30(68)25-66(39)47(36)76/h2-3,7-8,12-15,24,30,33-39,59,68H,4-6,9-11,16-23,25H2,1H3,(H2,51,70)(H,56,69)(H,60,67)(H,61,74)(H,62,73)(H,63,71)(H,64,72)(H,65,75)(H4,52,53,57)(H4,54,55,58)/t30-,33+,34+,35+,36+,37-,38+,39+/m1/s1. The van der Waals surface area contributed by atoms with E-state index in [0.717, 1.165) is 27.9 Å². The maximum Gasteiger partial charge on any atom is 0.245 e. The van der Waals surface area contributed by atoms with Crippen LogP contribution in [-0.2, 0) is 56.0 Å². The third-order valence-electron chi connectivity index (χ3n) is 12.7. The molecule has 0 aliphatic carbocycles. The molecule has 3 heterocycles. The van der Waals surface area contributed by atoms with Crippen LogP contribution in [0.15, 0.2) is 64.7 Å². The van der Waals surface area contributed by atoms with E-state index in [9.17, 15) is 52.6 Å². The van der Waals surface area contributed by atoms with E-state index < -0.39 is 114 Å². The van der Waals surface area contributed by atoms with Crippen molar-refractivity contribution in [2.75, 3.05) is 26.2 Å². The number of aromatic amines is 1. The number of carbonyl (C=O) groups is 9. The lowest BCUT2D eigenvalue weighted by atomic mass is 10.0. The second kappa shape index (κ2) is 28.3. The highest BCUT2D eigenvalue weighted by Gasteiger charge is 2.43. The van der Waals surface area contributed by atoms with Crippen LogP contribution in [-0.4, -0.2) is 155 Å². The van der Waals surface area contributed by atoms with Gasteiger partial charge in [-0.1, -0.05) is 30.3 Å². The summed E-state index contributed by atoms with van der Waals surface area (Å²) in [6.45, 7) is 0.842. The van der Waals surface area contributed by atoms with Gasteiger partial charge in [-0.05, 0) is 74.3 Å². The summed E-state index contributed by atoms with van der Waals surface area (Å²) in [6, 6.07) is 2.38. The van der Waals surface area contributed by atoms with Crippen LogP contribution in [0.5, 0.6) is 0 Å². The number of nitrogens with zero attached hydrogens (tertiary/aromatic N) is 3. The van der Waals surface area contributed by atoms with E-state index in [1.807, 2.05) is 12.1 Å². The molecule has 19 N–H and O–H groups in total. The summed E-state index contributed by atoms with van der Waals surface area (Å²) in [5.41, 5.74) is 29.4. The number of nitrogens with two attached hydrogens (primary N) is 5. The Kier molecular flexibility index (Phi) is 21.8. The van der Waals surface area contributed by atoms with Gasteiger partial charge in [-0.3, -0.25) is 53.1 Å². The summed E-state index contributed by atoms with van der Waals surface area (Å²) >= 11 is 0. The molecular formula is C49H69FN16O10. The van der Waals surface area contributed by atoms with Crippen LogP contribution in [0.4, 0.5) is 4.39 Å². The number of benzene rings is 2. The lowest BCUT2D eigenvalue weighted by Crippen LogP contribution is -2.60. The molecule has 9 amide bonds. The van der Waals surface area contributed by atoms with Crippen molar-refractivity contribution in [1.29, 1.82) is 0 Å². The van der Waals surface area contributed by atoms with Crippen molar-refractivity contribution in [2.45, 2.75) is 126 Å². The second-order valence-corrected chi connectivity index (χ2v) is 18.7. The Hall–Kier alpha value is -8.36. The largest absolute Gasteiger partial charge is 0.391 e. The fourth-order valence-corrected chi connectivity index (χ4v) is 8.89. The molecule has 0 radical (unpaired) electrons. The molecule has 2 saturated heterocycles.